The van der Waals surface area contributed by atoms with Crippen LogP contribution in [0, 0.1) is 0 Å². The van der Waals surface area contributed by atoms with Crippen LogP contribution in [0.15, 0.2) is 46.4 Å². The van der Waals surface area contributed by atoms with Crippen molar-refractivity contribution in [2.75, 3.05) is 13.1 Å². The molecule has 1 aliphatic rings. The minimum Gasteiger partial charge on any atom is -0.293 e. The van der Waals surface area contributed by atoms with Gasteiger partial charge in [-0.15, -0.1) is 0 Å². The summed E-state index contributed by atoms with van der Waals surface area (Å²) in [7, 11) is 0. The molecule has 0 aromatic heterocycles. The van der Waals surface area contributed by atoms with Crippen molar-refractivity contribution >= 4 is 12.4 Å². The molecule has 0 unspecified atom stereocenters. The van der Waals surface area contributed by atoms with Crippen molar-refractivity contribution in [1.82, 2.24) is 0 Å². The highest BCUT2D eigenvalue weighted by molar-refractivity contribution is 5.89. The first kappa shape index (κ1) is 33.3. The van der Waals surface area contributed by atoms with Crippen LogP contribution in [-0.2, 0) is 5.41 Å². The minimum atomic E-state index is 0.0979. The van der Waals surface area contributed by atoms with E-state index in [-0.39, 0.29) is 5.41 Å². The third kappa shape index (κ3) is 9.93. The van der Waals surface area contributed by atoms with Crippen LogP contribution in [0.5, 0.6) is 0 Å². The lowest BCUT2D eigenvalue weighted by atomic mass is 9.70. The van der Waals surface area contributed by atoms with Crippen LogP contribution < -0.4 is 0 Å². The number of nitrogens with zero attached hydrogens (tertiary/aromatic N) is 2. The summed E-state index contributed by atoms with van der Waals surface area (Å²) in [5.41, 5.74) is 8.67. The van der Waals surface area contributed by atoms with Gasteiger partial charge in [0.2, 0.25) is 0 Å². The number of aliphatic imine (C=N–C) groups is 2. The molecule has 0 atom stereocenters. The van der Waals surface area contributed by atoms with E-state index in [1.54, 1.807) is 11.1 Å². The maximum Gasteiger partial charge on any atom is 0.0389 e. The van der Waals surface area contributed by atoms with Gasteiger partial charge in [-0.25, -0.2) is 0 Å². The molecule has 2 aromatic rings. The van der Waals surface area contributed by atoms with Crippen molar-refractivity contribution in [2.24, 2.45) is 9.98 Å². The molecule has 0 saturated heterocycles. The Morgan fingerprint density at radius 1 is 0.488 bits per heavy atom. The highest BCUT2D eigenvalue weighted by Gasteiger charge is 2.42. The normalized spacial score (nSPS) is 13.9. The van der Waals surface area contributed by atoms with Crippen molar-refractivity contribution < 1.29 is 0 Å². The molecule has 2 heteroatoms. The molecule has 0 saturated carbocycles. The van der Waals surface area contributed by atoms with E-state index in [1.807, 2.05) is 0 Å². The molecule has 0 spiro atoms. The third-order valence-corrected chi connectivity index (χ3v) is 9.09. The van der Waals surface area contributed by atoms with Crippen molar-refractivity contribution in [3.63, 3.8) is 0 Å². The Balaban J connectivity index is 1.97. The first-order valence-electron chi connectivity index (χ1n) is 17.5. The Kier molecular flexibility index (Phi) is 15.5. The fraction of sp³-hybridized carbons (Fsp3) is 0.641. The first-order chi connectivity index (χ1) is 20.2. The molecule has 0 aliphatic heterocycles. The van der Waals surface area contributed by atoms with Gasteiger partial charge in [0, 0.05) is 30.9 Å². The summed E-state index contributed by atoms with van der Waals surface area (Å²) in [5, 5.41) is 0. The fourth-order valence-corrected chi connectivity index (χ4v) is 6.61. The Morgan fingerprint density at radius 3 is 1.29 bits per heavy atom. The molecule has 3 rings (SSSR count). The van der Waals surface area contributed by atoms with Gasteiger partial charge in [0.25, 0.3) is 0 Å². The lowest BCUT2D eigenvalue weighted by molar-refractivity contribution is 0.398. The predicted octanol–water partition coefficient (Wildman–Crippen LogP) is 11.9. The summed E-state index contributed by atoms with van der Waals surface area (Å²) in [5.74, 6) is 0. The summed E-state index contributed by atoms with van der Waals surface area (Å²) in [4.78, 5) is 9.56. The molecule has 41 heavy (non-hydrogen) atoms. The average molecular weight is 557 g/mol. The van der Waals surface area contributed by atoms with Crippen molar-refractivity contribution in [2.45, 2.75) is 149 Å². The number of benzene rings is 2. The average Bonchev–Trinajstić information content (AvgIpc) is 3.25. The van der Waals surface area contributed by atoms with Crippen LogP contribution in [0.25, 0.3) is 11.1 Å². The van der Waals surface area contributed by atoms with Gasteiger partial charge in [-0.2, -0.15) is 0 Å². The molecule has 0 N–H and O–H groups in total. The van der Waals surface area contributed by atoms with E-state index < -0.39 is 0 Å². The first-order valence-corrected chi connectivity index (χ1v) is 17.5. The van der Waals surface area contributed by atoms with Crippen LogP contribution in [0.1, 0.15) is 166 Å². The Hall–Kier alpha value is -2.22. The third-order valence-electron chi connectivity index (χ3n) is 9.09. The highest BCUT2D eigenvalue weighted by atomic mass is 14.7. The van der Waals surface area contributed by atoms with E-state index in [4.69, 9.17) is 9.98 Å². The van der Waals surface area contributed by atoms with Crippen LogP contribution >= 0.6 is 0 Å². The number of hydrogen-bond donors (Lipinski definition) is 0. The standard InChI is InChI=1S/C39H60N2/c1-5-9-13-15-17-19-25-39(26-20-18-16-14-10-6-2)37-29-33(31-40-27-11-7-3)21-23-35(37)36-24-22-34(30-38(36)39)32-41-28-12-8-4/h21-24,29-32H,5-20,25-28H2,1-4H3. The van der Waals surface area contributed by atoms with Gasteiger partial charge < -0.3 is 0 Å². The predicted molar refractivity (Wildman–Crippen MR) is 183 cm³/mol. The Labute approximate surface area is 253 Å². The van der Waals surface area contributed by atoms with Crippen molar-refractivity contribution in [1.29, 1.82) is 0 Å². The topological polar surface area (TPSA) is 24.7 Å². The summed E-state index contributed by atoms with van der Waals surface area (Å²) < 4.78 is 0. The monoisotopic (exact) mass is 556 g/mol. The molecular weight excluding hydrogens is 496 g/mol. The molecule has 2 aromatic carbocycles. The van der Waals surface area contributed by atoms with Crippen molar-refractivity contribution in [3.8, 4) is 11.1 Å². The SMILES string of the molecule is CCCCCCCCC1(CCCCCCCC)c2cc(C=NCCCC)ccc2-c2ccc(C=NCCCC)cc21. The number of unbranched alkanes of at least 4 members (excludes halogenated alkanes) is 12. The zero-order valence-corrected chi connectivity index (χ0v) is 27.2. The van der Waals surface area contributed by atoms with Crippen molar-refractivity contribution in [3.05, 3.63) is 58.7 Å². The number of fused-ring (bicyclic) bond motifs is 3. The van der Waals surface area contributed by atoms with E-state index in [0.717, 1.165) is 25.9 Å². The van der Waals surface area contributed by atoms with Gasteiger partial charge >= 0.3 is 0 Å². The molecule has 0 heterocycles. The quantitative estimate of drug-likeness (QED) is 0.102. The van der Waals surface area contributed by atoms with Gasteiger partial charge in [0.1, 0.15) is 0 Å². The zero-order chi connectivity index (χ0) is 29.2. The van der Waals surface area contributed by atoms with Crippen LogP contribution in [-0.4, -0.2) is 25.5 Å². The maximum atomic E-state index is 4.78. The van der Waals surface area contributed by atoms with Gasteiger partial charge in [-0.05, 0) is 71.2 Å². The van der Waals surface area contributed by atoms with Crippen LogP contribution in [0.2, 0.25) is 0 Å². The second kappa shape index (κ2) is 19.1. The van der Waals surface area contributed by atoms with Gasteiger partial charge in [-0.3, -0.25) is 9.98 Å². The van der Waals surface area contributed by atoms with Gasteiger partial charge in [0.15, 0.2) is 0 Å². The molecule has 226 valence electrons. The van der Waals surface area contributed by atoms with E-state index in [2.05, 4.69) is 76.5 Å². The number of rotatable bonds is 22. The largest absolute Gasteiger partial charge is 0.293 e. The smallest absolute Gasteiger partial charge is 0.0389 e. The fourth-order valence-electron chi connectivity index (χ4n) is 6.61. The summed E-state index contributed by atoms with van der Waals surface area (Å²) in [6, 6.07) is 14.4. The summed E-state index contributed by atoms with van der Waals surface area (Å²) in [6.45, 7) is 11.0. The molecule has 2 nitrogen and oxygen atoms in total. The van der Waals surface area contributed by atoms with Gasteiger partial charge in [0.05, 0.1) is 0 Å². The minimum absolute atomic E-state index is 0.0979. The molecule has 0 amide bonds. The Bertz CT molecular complexity index is 978. The molecular formula is C39H60N2. The van der Waals surface area contributed by atoms with Gasteiger partial charge in [-0.1, -0.05) is 142 Å². The van der Waals surface area contributed by atoms with E-state index in [1.165, 1.54) is 125 Å². The lowest BCUT2D eigenvalue weighted by Crippen LogP contribution is -2.26. The zero-order valence-electron chi connectivity index (χ0n) is 27.2. The second-order valence-corrected chi connectivity index (χ2v) is 12.5. The van der Waals surface area contributed by atoms with E-state index in [0.29, 0.717) is 0 Å². The number of hydrogen-bond acceptors (Lipinski definition) is 2. The Morgan fingerprint density at radius 2 is 0.878 bits per heavy atom. The van der Waals surface area contributed by atoms with Crippen LogP contribution in [0.4, 0.5) is 0 Å². The summed E-state index contributed by atoms with van der Waals surface area (Å²) >= 11 is 0. The highest BCUT2D eigenvalue weighted by Crippen LogP contribution is 2.54. The molecule has 0 fully saturated rings. The van der Waals surface area contributed by atoms with Crippen LogP contribution in [0.3, 0.4) is 0 Å². The molecule has 1 aliphatic carbocycles. The second-order valence-electron chi connectivity index (χ2n) is 12.5. The molecule has 0 radical (unpaired) electrons. The van der Waals surface area contributed by atoms with E-state index >= 15 is 0 Å². The lowest BCUT2D eigenvalue weighted by Gasteiger charge is -2.33. The maximum absolute atomic E-state index is 4.78. The molecule has 0 bridgehead atoms. The van der Waals surface area contributed by atoms with E-state index in [9.17, 15) is 0 Å². The summed E-state index contributed by atoms with van der Waals surface area (Å²) in [6.07, 6.45) is 27.7.